The van der Waals surface area contributed by atoms with Gasteiger partial charge < -0.3 is 15.0 Å². The third-order valence-corrected chi connectivity index (χ3v) is 3.71. The molecule has 1 fully saturated rings. The maximum atomic E-state index is 12.3. The number of hydrogen-bond donors (Lipinski definition) is 1. The van der Waals surface area contributed by atoms with Crippen molar-refractivity contribution in [1.29, 1.82) is 0 Å². The number of ether oxygens (including phenoxy) is 1. The van der Waals surface area contributed by atoms with Gasteiger partial charge in [-0.15, -0.1) is 0 Å². The number of halogens is 3. The van der Waals surface area contributed by atoms with E-state index in [1.165, 1.54) is 0 Å². The maximum Gasteiger partial charge on any atom is 0.401 e. The highest BCUT2D eigenvalue weighted by Crippen LogP contribution is 2.22. The lowest BCUT2D eigenvalue weighted by Gasteiger charge is -2.37. The summed E-state index contributed by atoms with van der Waals surface area (Å²) in [5.41, 5.74) is 0. The number of nitrogens with zero attached hydrogens (tertiary/aromatic N) is 1. The van der Waals surface area contributed by atoms with Crippen molar-refractivity contribution in [2.45, 2.75) is 45.3 Å². The van der Waals surface area contributed by atoms with Crippen molar-refractivity contribution >= 4 is 5.97 Å². The van der Waals surface area contributed by atoms with E-state index in [1.54, 1.807) is 6.92 Å². The molecule has 2 atom stereocenters. The van der Waals surface area contributed by atoms with Crippen molar-refractivity contribution in [3.05, 3.63) is 0 Å². The van der Waals surface area contributed by atoms with Crippen LogP contribution in [-0.2, 0) is 9.53 Å². The van der Waals surface area contributed by atoms with Gasteiger partial charge in [0.25, 0.3) is 0 Å². The Morgan fingerprint density at radius 1 is 1.33 bits per heavy atom. The Morgan fingerprint density at radius 2 is 2.05 bits per heavy atom. The van der Waals surface area contributed by atoms with Crippen molar-refractivity contribution in [2.24, 2.45) is 5.92 Å². The Labute approximate surface area is 124 Å². The van der Waals surface area contributed by atoms with Crippen LogP contribution in [0.25, 0.3) is 0 Å². The predicted octanol–water partition coefficient (Wildman–Crippen LogP) is 2.19. The zero-order valence-corrected chi connectivity index (χ0v) is 12.7. The van der Waals surface area contributed by atoms with E-state index in [0.29, 0.717) is 32.4 Å². The molecule has 1 aliphatic heterocycles. The van der Waals surface area contributed by atoms with Crippen LogP contribution in [0.1, 0.15) is 33.1 Å². The van der Waals surface area contributed by atoms with E-state index in [4.69, 9.17) is 4.74 Å². The summed E-state index contributed by atoms with van der Waals surface area (Å²) < 4.78 is 41.8. The van der Waals surface area contributed by atoms with E-state index in [9.17, 15) is 18.0 Å². The van der Waals surface area contributed by atoms with Crippen LogP contribution in [0.4, 0.5) is 13.2 Å². The van der Waals surface area contributed by atoms with Crippen LogP contribution >= 0.6 is 0 Å². The number of esters is 1. The van der Waals surface area contributed by atoms with Crippen LogP contribution in [0, 0.1) is 5.92 Å². The van der Waals surface area contributed by atoms with Gasteiger partial charge in [-0.2, -0.15) is 13.2 Å². The summed E-state index contributed by atoms with van der Waals surface area (Å²) in [5, 5.41) is 2.59. The van der Waals surface area contributed by atoms with Gasteiger partial charge in [0.05, 0.1) is 13.2 Å². The van der Waals surface area contributed by atoms with E-state index in [1.807, 2.05) is 6.92 Å². The number of likely N-dealkylation sites (N-methyl/N-ethyl adjacent to an activating group) is 1. The first-order chi connectivity index (χ1) is 9.84. The molecular formula is C14H25F3N2O2. The van der Waals surface area contributed by atoms with E-state index in [-0.39, 0.29) is 17.9 Å². The third kappa shape index (κ3) is 7.66. The summed E-state index contributed by atoms with van der Waals surface area (Å²) in [5.74, 6) is -0.000220. The fraction of sp³-hybridized carbons (Fsp3) is 0.929. The number of alkyl halides is 3. The van der Waals surface area contributed by atoms with Crippen LogP contribution in [0.5, 0.6) is 0 Å². The minimum atomic E-state index is -4.19. The van der Waals surface area contributed by atoms with Crippen molar-refractivity contribution in [2.75, 3.05) is 32.8 Å². The highest BCUT2D eigenvalue weighted by molar-refractivity contribution is 5.69. The van der Waals surface area contributed by atoms with E-state index in [2.05, 4.69) is 10.2 Å². The molecule has 0 saturated carbocycles. The molecule has 0 amide bonds. The first-order valence-corrected chi connectivity index (χ1v) is 7.52. The van der Waals surface area contributed by atoms with Gasteiger partial charge in [0, 0.05) is 25.6 Å². The van der Waals surface area contributed by atoms with Gasteiger partial charge >= 0.3 is 12.1 Å². The fourth-order valence-electron chi connectivity index (χ4n) is 2.73. The van der Waals surface area contributed by atoms with Gasteiger partial charge in [-0.3, -0.25) is 4.79 Å². The molecule has 0 aliphatic carbocycles. The Morgan fingerprint density at radius 3 is 2.62 bits per heavy atom. The molecule has 2 unspecified atom stereocenters. The SMILES string of the molecule is CCOC(=O)CCC1CC(NCC(F)(F)F)CN(CC)C1. The number of likely N-dealkylation sites (tertiary alicyclic amines) is 1. The third-order valence-electron chi connectivity index (χ3n) is 3.71. The normalized spacial score (nSPS) is 24.0. The lowest BCUT2D eigenvalue weighted by molar-refractivity contribution is -0.143. The van der Waals surface area contributed by atoms with E-state index < -0.39 is 12.7 Å². The summed E-state index contributed by atoms with van der Waals surface area (Å²) >= 11 is 0. The second-order valence-electron chi connectivity index (χ2n) is 5.49. The Balaban J connectivity index is 2.43. The number of rotatable bonds is 7. The van der Waals surface area contributed by atoms with Gasteiger partial charge in [0.2, 0.25) is 0 Å². The largest absolute Gasteiger partial charge is 0.466 e. The molecule has 1 rings (SSSR count). The zero-order chi connectivity index (χ0) is 15.9. The molecular weight excluding hydrogens is 285 g/mol. The zero-order valence-electron chi connectivity index (χ0n) is 12.7. The van der Waals surface area contributed by atoms with Crippen molar-refractivity contribution in [1.82, 2.24) is 10.2 Å². The number of nitrogens with one attached hydrogen (secondary N) is 1. The molecule has 1 saturated heterocycles. The topological polar surface area (TPSA) is 41.6 Å². The van der Waals surface area contributed by atoms with E-state index >= 15 is 0 Å². The highest BCUT2D eigenvalue weighted by Gasteiger charge is 2.31. The molecule has 0 spiro atoms. The molecule has 0 aromatic heterocycles. The fourth-order valence-corrected chi connectivity index (χ4v) is 2.73. The van der Waals surface area contributed by atoms with Crippen LogP contribution in [0.15, 0.2) is 0 Å². The quantitative estimate of drug-likeness (QED) is 0.732. The molecule has 1 N–H and O–H groups in total. The van der Waals surface area contributed by atoms with Gasteiger partial charge in [0.1, 0.15) is 0 Å². The Hall–Kier alpha value is -0.820. The molecule has 0 aromatic rings. The first-order valence-electron chi connectivity index (χ1n) is 7.52. The monoisotopic (exact) mass is 310 g/mol. The lowest BCUT2D eigenvalue weighted by atomic mass is 9.90. The second-order valence-corrected chi connectivity index (χ2v) is 5.49. The van der Waals surface area contributed by atoms with Crippen molar-refractivity contribution in [3.8, 4) is 0 Å². The smallest absolute Gasteiger partial charge is 0.401 e. The molecule has 0 radical (unpaired) electrons. The number of carbonyl (C=O) groups is 1. The summed E-state index contributed by atoms with van der Waals surface area (Å²) in [7, 11) is 0. The second kappa shape index (κ2) is 8.58. The van der Waals surface area contributed by atoms with Crippen LogP contribution in [0.2, 0.25) is 0 Å². The minimum absolute atomic E-state index is 0.174. The standard InChI is InChI=1S/C14H25F3N2O2/c1-3-19-8-11(5-6-13(20)21-4-2)7-12(9-19)18-10-14(15,16)17/h11-12,18H,3-10H2,1-2H3. The number of hydrogen-bond acceptors (Lipinski definition) is 4. The van der Waals surface area contributed by atoms with Gasteiger partial charge in [0.15, 0.2) is 0 Å². The molecule has 1 heterocycles. The predicted molar refractivity (Wildman–Crippen MR) is 73.9 cm³/mol. The summed E-state index contributed by atoms with van der Waals surface area (Å²) in [6.45, 7) is 5.42. The average molecular weight is 310 g/mol. The average Bonchev–Trinajstić information content (AvgIpc) is 2.42. The Bertz CT molecular complexity index is 324. The molecule has 21 heavy (non-hydrogen) atoms. The summed E-state index contributed by atoms with van der Waals surface area (Å²) in [6.07, 6.45) is -2.51. The molecule has 1 aliphatic rings. The molecule has 4 nitrogen and oxygen atoms in total. The minimum Gasteiger partial charge on any atom is -0.466 e. The summed E-state index contributed by atoms with van der Waals surface area (Å²) in [4.78, 5) is 13.5. The lowest BCUT2D eigenvalue weighted by Crippen LogP contribution is -2.51. The molecule has 0 aromatic carbocycles. The van der Waals surface area contributed by atoms with E-state index in [0.717, 1.165) is 13.1 Å². The first kappa shape index (κ1) is 18.2. The van der Waals surface area contributed by atoms with Gasteiger partial charge in [-0.25, -0.2) is 0 Å². The van der Waals surface area contributed by atoms with Crippen LogP contribution in [0.3, 0.4) is 0 Å². The Kier molecular flexibility index (Phi) is 7.45. The van der Waals surface area contributed by atoms with Crippen LogP contribution < -0.4 is 5.32 Å². The van der Waals surface area contributed by atoms with Crippen LogP contribution in [-0.4, -0.2) is 55.9 Å². The number of piperidine rings is 1. The van der Waals surface area contributed by atoms with Crippen molar-refractivity contribution in [3.63, 3.8) is 0 Å². The van der Waals surface area contributed by atoms with Gasteiger partial charge in [-0.1, -0.05) is 6.92 Å². The van der Waals surface area contributed by atoms with Crippen molar-refractivity contribution < 1.29 is 22.7 Å². The molecule has 0 bridgehead atoms. The number of carbonyl (C=O) groups excluding carboxylic acids is 1. The summed E-state index contributed by atoms with van der Waals surface area (Å²) in [6, 6.07) is -0.174. The van der Waals surface area contributed by atoms with Gasteiger partial charge in [-0.05, 0) is 32.2 Å². The maximum absolute atomic E-state index is 12.3. The molecule has 7 heteroatoms. The highest BCUT2D eigenvalue weighted by atomic mass is 19.4. The molecule has 124 valence electrons.